The molecule has 0 saturated carbocycles. The van der Waals surface area contributed by atoms with Crippen LogP contribution < -0.4 is 20.3 Å². The summed E-state index contributed by atoms with van der Waals surface area (Å²) in [5.74, 6) is 1.91. The van der Waals surface area contributed by atoms with E-state index < -0.39 is 6.10 Å². The maximum Gasteiger partial charge on any atom is 0.252 e. The van der Waals surface area contributed by atoms with Gasteiger partial charge in [-0.1, -0.05) is 11.8 Å². The van der Waals surface area contributed by atoms with Crippen molar-refractivity contribution in [3.63, 3.8) is 0 Å². The van der Waals surface area contributed by atoms with Crippen LogP contribution in [0.3, 0.4) is 0 Å². The zero-order valence-electron chi connectivity index (χ0n) is 18.3. The molecule has 5 heterocycles. The Hall–Kier alpha value is -2.66. The molecule has 0 bridgehead atoms. The van der Waals surface area contributed by atoms with Crippen LogP contribution in [0, 0.1) is 0 Å². The first-order chi connectivity index (χ1) is 16.1. The first kappa shape index (κ1) is 22.1. The number of aliphatic hydroxyl groups excluding tert-OH is 1. The van der Waals surface area contributed by atoms with Gasteiger partial charge in [0.25, 0.3) is 5.56 Å². The van der Waals surface area contributed by atoms with Crippen LogP contribution in [0.5, 0.6) is 11.6 Å². The van der Waals surface area contributed by atoms with Gasteiger partial charge in [-0.25, -0.2) is 0 Å². The van der Waals surface area contributed by atoms with E-state index in [9.17, 15) is 9.90 Å². The SMILES string of the molecule is COc1ccc2ccc(=O)n(C[C@H](O)[C@@H]3CC[C@@H](NCc4cc5c(cn4)OCS5)CO3)c2n1. The Morgan fingerprint density at radius 3 is 3.03 bits per heavy atom. The highest BCUT2D eigenvalue weighted by atomic mass is 32.2. The average Bonchev–Trinajstić information content (AvgIpc) is 3.32. The van der Waals surface area contributed by atoms with Gasteiger partial charge in [0.1, 0.15) is 11.6 Å². The fraction of sp³-hybridized carbons (Fsp3) is 0.435. The van der Waals surface area contributed by atoms with E-state index in [0.717, 1.165) is 28.1 Å². The summed E-state index contributed by atoms with van der Waals surface area (Å²) < 4.78 is 18.1. The van der Waals surface area contributed by atoms with Crippen molar-refractivity contribution >= 4 is 22.8 Å². The Labute approximate surface area is 195 Å². The number of methoxy groups -OCH3 is 1. The van der Waals surface area contributed by atoms with Crippen molar-refractivity contribution < 1.29 is 19.3 Å². The van der Waals surface area contributed by atoms with Crippen molar-refractivity contribution in [3.05, 3.63) is 52.6 Å². The molecule has 3 aromatic rings. The number of fused-ring (bicyclic) bond motifs is 2. The smallest absolute Gasteiger partial charge is 0.252 e. The first-order valence-electron chi connectivity index (χ1n) is 10.9. The summed E-state index contributed by atoms with van der Waals surface area (Å²) in [6.45, 7) is 1.24. The Bertz CT molecular complexity index is 1200. The average molecular weight is 471 g/mol. The van der Waals surface area contributed by atoms with Gasteiger partial charge < -0.3 is 24.6 Å². The molecule has 33 heavy (non-hydrogen) atoms. The van der Waals surface area contributed by atoms with Crippen LogP contribution in [0.4, 0.5) is 0 Å². The van der Waals surface area contributed by atoms with Gasteiger partial charge in [0, 0.05) is 30.1 Å². The summed E-state index contributed by atoms with van der Waals surface area (Å²) in [5, 5.41) is 15.1. The molecule has 5 rings (SSSR count). The maximum atomic E-state index is 12.5. The van der Waals surface area contributed by atoms with E-state index in [1.807, 2.05) is 6.07 Å². The molecule has 10 heteroatoms. The molecule has 1 fully saturated rings. The fourth-order valence-electron chi connectivity index (χ4n) is 4.16. The van der Waals surface area contributed by atoms with Gasteiger partial charge in [-0.05, 0) is 31.0 Å². The maximum absolute atomic E-state index is 12.5. The Morgan fingerprint density at radius 2 is 2.21 bits per heavy atom. The molecule has 0 radical (unpaired) electrons. The predicted molar refractivity (Wildman–Crippen MR) is 124 cm³/mol. The lowest BCUT2D eigenvalue weighted by molar-refractivity contribution is -0.0771. The molecule has 0 spiro atoms. The minimum Gasteiger partial charge on any atom is -0.481 e. The summed E-state index contributed by atoms with van der Waals surface area (Å²) in [5.41, 5.74) is 1.23. The zero-order chi connectivity index (χ0) is 22.8. The number of aliphatic hydroxyl groups is 1. The van der Waals surface area contributed by atoms with Crippen molar-refractivity contribution in [1.82, 2.24) is 19.9 Å². The zero-order valence-corrected chi connectivity index (χ0v) is 19.1. The number of nitrogens with one attached hydrogen (secondary N) is 1. The van der Waals surface area contributed by atoms with Gasteiger partial charge in [-0.15, -0.1) is 0 Å². The van der Waals surface area contributed by atoms with Crippen molar-refractivity contribution in [2.45, 2.75) is 49.1 Å². The number of rotatable bonds is 7. The number of hydrogen-bond acceptors (Lipinski definition) is 9. The molecular weight excluding hydrogens is 444 g/mol. The molecule has 1 saturated heterocycles. The summed E-state index contributed by atoms with van der Waals surface area (Å²) in [7, 11) is 1.53. The molecule has 0 unspecified atom stereocenters. The van der Waals surface area contributed by atoms with Crippen molar-refractivity contribution in [2.24, 2.45) is 0 Å². The molecular formula is C23H26N4O5S. The van der Waals surface area contributed by atoms with E-state index in [1.54, 1.807) is 30.1 Å². The Balaban J connectivity index is 1.18. The highest BCUT2D eigenvalue weighted by Crippen LogP contribution is 2.35. The Kier molecular flexibility index (Phi) is 6.50. The molecule has 174 valence electrons. The second kappa shape index (κ2) is 9.68. The predicted octanol–water partition coefficient (Wildman–Crippen LogP) is 1.94. The molecule has 0 aromatic carbocycles. The van der Waals surface area contributed by atoms with E-state index in [0.29, 0.717) is 37.0 Å². The summed E-state index contributed by atoms with van der Waals surface area (Å²) in [6, 6.07) is 9.04. The van der Waals surface area contributed by atoms with Crippen LogP contribution in [-0.2, 0) is 17.8 Å². The van der Waals surface area contributed by atoms with E-state index >= 15 is 0 Å². The van der Waals surface area contributed by atoms with Crippen molar-refractivity contribution in [2.75, 3.05) is 19.7 Å². The normalized spacial score (nSPS) is 20.9. The molecule has 2 aliphatic rings. The molecule has 9 nitrogen and oxygen atoms in total. The van der Waals surface area contributed by atoms with Crippen LogP contribution in [0.2, 0.25) is 0 Å². The minimum atomic E-state index is -0.822. The van der Waals surface area contributed by atoms with Crippen LogP contribution in [0.25, 0.3) is 11.0 Å². The van der Waals surface area contributed by atoms with Gasteiger partial charge in [-0.2, -0.15) is 4.98 Å². The number of nitrogens with zero attached hydrogens (tertiary/aromatic N) is 3. The third-order valence-electron chi connectivity index (χ3n) is 6.01. The van der Waals surface area contributed by atoms with Gasteiger partial charge >= 0.3 is 0 Å². The largest absolute Gasteiger partial charge is 0.481 e. The van der Waals surface area contributed by atoms with Crippen LogP contribution in [0.1, 0.15) is 18.5 Å². The second-order valence-corrected chi connectivity index (χ2v) is 9.14. The lowest BCUT2D eigenvalue weighted by Crippen LogP contribution is -2.45. The fourth-order valence-corrected chi connectivity index (χ4v) is 4.95. The van der Waals surface area contributed by atoms with Gasteiger partial charge in [-0.3, -0.25) is 14.3 Å². The monoisotopic (exact) mass is 470 g/mol. The number of ether oxygens (including phenoxy) is 3. The van der Waals surface area contributed by atoms with E-state index in [1.165, 1.54) is 17.7 Å². The highest BCUT2D eigenvalue weighted by Gasteiger charge is 2.28. The van der Waals surface area contributed by atoms with Gasteiger partial charge in [0.15, 0.2) is 5.75 Å². The van der Waals surface area contributed by atoms with Crippen LogP contribution >= 0.6 is 11.8 Å². The van der Waals surface area contributed by atoms with E-state index in [4.69, 9.17) is 14.2 Å². The van der Waals surface area contributed by atoms with Crippen LogP contribution in [-0.4, -0.2) is 57.5 Å². The quantitative estimate of drug-likeness (QED) is 0.536. The summed E-state index contributed by atoms with van der Waals surface area (Å²) in [4.78, 5) is 22.5. The first-order valence-corrected chi connectivity index (χ1v) is 11.9. The van der Waals surface area contributed by atoms with Gasteiger partial charge in [0.05, 0.1) is 49.3 Å². The lowest BCUT2D eigenvalue weighted by atomic mass is 10.0. The van der Waals surface area contributed by atoms with E-state index in [-0.39, 0.29) is 24.2 Å². The number of thioether (sulfide) groups is 1. The third kappa shape index (κ3) is 4.84. The molecule has 3 atom stereocenters. The van der Waals surface area contributed by atoms with Crippen LogP contribution in [0.15, 0.2) is 46.2 Å². The molecule has 3 aromatic heterocycles. The topological polar surface area (TPSA) is 108 Å². The third-order valence-corrected chi connectivity index (χ3v) is 6.88. The number of hydrogen-bond donors (Lipinski definition) is 2. The standard InChI is InChI=1S/C23H26N4O5S/c1-30-21-6-2-14-3-7-22(29)27(23(14)26-21)11-17(28)18-5-4-15(12-31-18)24-9-16-8-20-19(10-25-16)32-13-33-20/h2-3,6-8,10,15,17-18,24,28H,4-5,9,11-13H2,1H3/t15-,17+,18+/m1/s1. The number of aromatic nitrogens is 3. The molecule has 0 aliphatic carbocycles. The van der Waals surface area contributed by atoms with E-state index in [2.05, 4.69) is 21.4 Å². The minimum absolute atomic E-state index is 0.109. The highest BCUT2D eigenvalue weighted by molar-refractivity contribution is 7.99. The molecule has 0 amide bonds. The van der Waals surface area contributed by atoms with Crippen molar-refractivity contribution in [1.29, 1.82) is 0 Å². The lowest BCUT2D eigenvalue weighted by Gasteiger charge is -2.32. The van der Waals surface area contributed by atoms with Gasteiger partial charge in [0.2, 0.25) is 5.88 Å². The molecule has 2 aliphatic heterocycles. The second-order valence-electron chi connectivity index (χ2n) is 8.17. The molecule has 2 N–H and O–H groups in total. The summed E-state index contributed by atoms with van der Waals surface area (Å²) >= 11 is 1.67. The Morgan fingerprint density at radius 1 is 1.33 bits per heavy atom. The van der Waals surface area contributed by atoms with Crippen molar-refractivity contribution in [3.8, 4) is 11.6 Å². The summed E-state index contributed by atoms with van der Waals surface area (Å²) in [6.07, 6.45) is 2.16. The number of pyridine rings is 3.